The number of nitrogens with one attached hydrogen (secondary N) is 1. The molecule has 15 heavy (non-hydrogen) atoms. The van der Waals surface area contributed by atoms with Crippen LogP contribution in [0.4, 0.5) is 5.13 Å². The smallest absolute Gasteiger partial charge is 0.236 e. The Morgan fingerprint density at radius 2 is 2.20 bits per heavy atom. The second kappa shape index (κ2) is 3.58. The molecule has 7 heteroatoms. The van der Waals surface area contributed by atoms with E-state index in [2.05, 4.69) is 20.6 Å². The maximum atomic E-state index is 11.4. The molecule has 0 bridgehead atoms. The van der Waals surface area contributed by atoms with Gasteiger partial charge in [-0.15, -0.1) is 15.3 Å². The molecule has 0 saturated heterocycles. The lowest BCUT2D eigenvalue weighted by Gasteiger charge is -2.02. The van der Waals surface area contributed by atoms with Crippen LogP contribution in [0.3, 0.4) is 0 Å². The zero-order valence-electron chi connectivity index (χ0n) is 8.68. The van der Waals surface area contributed by atoms with Gasteiger partial charge in [0.1, 0.15) is 0 Å². The van der Waals surface area contributed by atoms with Crippen molar-refractivity contribution < 1.29 is 4.79 Å². The van der Waals surface area contributed by atoms with Gasteiger partial charge in [0, 0.05) is 5.92 Å². The van der Waals surface area contributed by atoms with Crippen LogP contribution in [0.1, 0.15) is 19.7 Å². The fourth-order valence-corrected chi connectivity index (χ4v) is 1.80. The molecular formula is C8H11N5OS. The normalized spacial score (nSPS) is 11.2. The van der Waals surface area contributed by atoms with Gasteiger partial charge in [-0.25, -0.2) is 0 Å². The summed E-state index contributed by atoms with van der Waals surface area (Å²) in [6.45, 7) is 5.48. The number of amides is 1. The maximum Gasteiger partial charge on any atom is 0.236 e. The molecule has 2 aromatic heterocycles. The molecule has 0 aliphatic rings. The SMILES string of the molecule is Cc1nnc2sc(NC(=O)C(C)C)nn12. The first-order valence-electron chi connectivity index (χ1n) is 4.57. The molecule has 1 amide bonds. The molecule has 2 aromatic rings. The molecule has 0 spiro atoms. The van der Waals surface area contributed by atoms with Crippen molar-refractivity contribution in [3.05, 3.63) is 5.82 Å². The van der Waals surface area contributed by atoms with Gasteiger partial charge in [-0.3, -0.25) is 4.79 Å². The molecule has 0 saturated carbocycles. The van der Waals surface area contributed by atoms with Crippen LogP contribution in [0.5, 0.6) is 0 Å². The number of carbonyl (C=O) groups is 1. The Balaban J connectivity index is 2.26. The molecule has 2 heterocycles. The molecule has 1 N–H and O–H groups in total. The van der Waals surface area contributed by atoms with Gasteiger partial charge in [-0.2, -0.15) is 4.52 Å². The van der Waals surface area contributed by atoms with E-state index in [-0.39, 0.29) is 11.8 Å². The lowest BCUT2D eigenvalue weighted by molar-refractivity contribution is -0.118. The number of nitrogens with zero attached hydrogens (tertiary/aromatic N) is 4. The van der Waals surface area contributed by atoms with Gasteiger partial charge in [0.25, 0.3) is 0 Å². The third-order valence-corrected chi connectivity index (χ3v) is 2.72. The van der Waals surface area contributed by atoms with Gasteiger partial charge in [0.2, 0.25) is 16.0 Å². The lowest BCUT2D eigenvalue weighted by atomic mass is 10.2. The van der Waals surface area contributed by atoms with E-state index in [4.69, 9.17) is 0 Å². The molecule has 0 aliphatic carbocycles. The third kappa shape index (κ3) is 1.82. The lowest BCUT2D eigenvalue weighted by Crippen LogP contribution is -2.17. The average molecular weight is 225 g/mol. The summed E-state index contributed by atoms with van der Waals surface area (Å²) in [6.07, 6.45) is 0. The Kier molecular flexibility index (Phi) is 2.39. The fraction of sp³-hybridized carbons (Fsp3) is 0.500. The van der Waals surface area contributed by atoms with Crippen LogP contribution in [0.25, 0.3) is 4.96 Å². The number of hydrogen-bond acceptors (Lipinski definition) is 5. The van der Waals surface area contributed by atoms with E-state index in [1.165, 1.54) is 11.3 Å². The Morgan fingerprint density at radius 3 is 2.80 bits per heavy atom. The van der Waals surface area contributed by atoms with Crippen molar-refractivity contribution >= 4 is 27.3 Å². The Hall–Kier alpha value is -1.50. The van der Waals surface area contributed by atoms with E-state index in [0.717, 1.165) is 0 Å². The van der Waals surface area contributed by atoms with Crippen LogP contribution in [0.15, 0.2) is 0 Å². The molecular weight excluding hydrogens is 214 g/mol. The summed E-state index contributed by atoms with van der Waals surface area (Å²) in [7, 11) is 0. The number of aromatic nitrogens is 4. The summed E-state index contributed by atoms with van der Waals surface area (Å²) in [6, 6.07) is 0. The van der Waals surface area contributed by atoms with Crippen molar-refractivity contribution in [1.82, 2.24) is 19.8 Å². The van der Waals surface area contributed by atoms with Crippen molar-refractivity contribution in [3.63, 3.8) is 0 Å². The van der Waals surface area contributed by atoms with Crippen LogP contribution in [0.2, 0.25) is 0 Å². The van der Waals surface area contributed by atoms with Gasteiger partial charge in [0.05, 0.1) is 0 Å². The summed E-state index contributed by atoms with van der Waals surface area (Å²) < 4.78 is 1.61. The zero-order valence-corrected chi connectivity index (χ0v) is 9.50. The van der Waals surface area contributed by atoms with Crippen molar-refractivity contribution in [2.24, 2.45) is 5.92 Å². The van der Waals surface area contributed by atoms with Gasteiger partial charge in [0.15, 0.2) is 5.82 Å². The van der Waals surface area contributed by atoms with E-state index in [0.29, 0.717) is 15.9 Å². The minimum Gasteiger partial charge on any atom is -0.300 e. The molecule has 0 atom stereocenters. The fourth-order valence-electron chi connectivity index (χ4n) is 1.02. The highest BCUT2D eigenvalue weighted by Gasteiger charge is 2.12. The number of rotatable bonds is 2. The van der Waals surface area contributed by atoms with E-state index < -0.39 is 0 Å². The highest BCUT2D eigenvalue weighted by atomic mass is 32.1. The molecule has 80 valence electrons. The van der Waals surface area contributed by atoms with Crippen LogP contribution >= 0.6 is 11.3 Å². The molecule has 0 unspecified atom stereocenters. The molecule has 6 nitrogen and oxygen atoms in total. The average Bonchev–Trinajstić information content (AvgIpc) is 2.69. The van der Waals surface area contributed by atoms with Crippen LogP contribution in [-0.4, -0.2) is 25.7 Å². The van der Waals surface area contributed by atoms with Crippen LogP contribution in [-0.2, 0) is 4.79 Å². The topological polar surface area (TPSA) is 72.2 Å². The molecule has 0 aliphatic heterocycles. The summed E-state index contributed by atoms with van der Waals surface area (Å²) in [5.74, 6) is 0.615. The van der Waals surface area contributed by atoms with Crippen molar-refractivity contribution in [2.45, 2.75) is 20.8 Å². The Bertz CT molecular complexity index is 500. The van der Waals surface area contributed by atoms with Crippen LogP contribution < -0.4 is 5.32 Å². The number of carbonyl (C=O) groups excluding carboxylic acids is 1. The van der Waals surface area contributed by atoms with E-state index in [1.807, 2.05) is 20.8 Å². The van der Waals surface area contributed by atoms with E-state index >= 15 is 0 Å². The minimum absolute atomic E-state index is 0.0439. The first-order chi connectivity index (χ1) is 7.08. The van der Waals surface area contributed by atoms with Gasteiger partial charge in [-0.05, 0) is 6.92 Å². The highest BCUT2D eigenvalue weighted by Crippen LogP contribution is 2.18. The maximum absolute atomic E-state index is 11.4. The Labute approximate surface area is 90.3 Å². The summed E-state index contributed by atoms with van der Waals surface area (Å²) in [5.41, 5.74) is 0. The predicted octanol–water partition coefficient (Wildman–Crippen LogP) is 1.09. The first kappa shape index (κ1) is 10.0. The number of aryl methyl sites for hydroxylation is 1. The summed E-state index contributed by atoms with van der Waals surface area (Å²) >= 11 is 1.31. The zero-order chi connectivity index (χ0) is 11.0. The standard InChI is InChI=1S/C8H11N5OS/c1-4(2)6(14)9-7-12-13-5(3)10-11-8(13)15-7/h4H,1-3H3,(H,9,12,14). The molecule has 0 aromatic carbocycles. The first-order valence-corrected chi connectivity index (χ1v) is 5.39. The number of hydrogen-bond donors (Lipinski definition) is 1. The highest BCUT2D eigenvalue weighted by molar-refractivity contribution is 7.20. The number of fused-ring (bicyclic) bond motifs is 1. The monoisotopic (exact) mass is 225 g/mol. The van der Waals surface area contributed by atoms with Gasteiger partial charge < -0.3 is 5.32 Å². The molecule has 0 radical (unpaired) electrons. The van der Waals surface area contributed by atoms with Crippen molar-refractivity contribution in [3.8, 4) is 0 Å². The number of anilines is 1. The van der Waals surface area contributed by atoms with Gasteiger partial charge >= 0.3 is 0 Å². The van der Waals surface area contributed by atoms with Crippen molar-refractivity contribution in [2.75, 3.05) is 5.32 Å². The third-order valence-electron chi connectivity index (χ3n) is 1.90. The summed E-state index contributed by atoms with van der Waals surface area (Å²) in [4.78, 5) is 12.1. The van der Waals surface area contributed by atoms with E-state index in [1.54, 1.807) is 4.52 Å². The van der Waals surface area contributed by atoms with E-state index in [9.17, 15) is 4.79 Å². The Morgan fingerprint density at radius 1 is 1.47 bits per heavy atom. The van der Waals surface area contributed by atoms with Crippen molar-refractivity contribution in [1.29, 1.82) is 0 Å². The largest absolute Gasteiger partial charge is 0.300 e. The minimum atomic E-state index is -0.0551. The quantitative estimate of drug-likeness (QED) is 0.830. The predicted molar refractivity (Wildman–Crippen MR) is 56.9 cm³/mol. The molecule has 2 rings (SSSR count). The van der Waals surface area contributed by atoms with Gasteiger partial charge in [-0.1, -0.05) is 25.2 Å². The summed E-state index contributed by atoms with van der Waals surface area (Å²) in [5, 5.41) is 15.2. The second-order valence-corrected chi connectivity index (χ2v) is 4.45. The molecule has 0 fully saturated rings. The second-order valence-electron chi connectivity index (χ2n) is 3.49. The van der Waals surface area contributed by atoms with Crippen LogP contribution in [0, 0.1) is 12.8 Å².